The van der Waals surface area contributed by atoms with E-state index >= 15 is 0 Å². The van der Waals surface area contributed by atoms with Crippen LogP contribution in [-0.2, 0) is 14.3 Å². The molecule has 0 aliphatic carbocycles. The van der Waals surface area contributed by atoms with Crippen LogP contribution in [0.15, 0.2) is 24.3 Å². The molecule has 3 rings (SSSR count). The van der Waals surface area contributed by atoms with E-state index in [4.69, 9.17) is 9.47 Å². The predicted molar refractivity (Wildman–Crippen MR) is 83.8 cm³/mol. The van der Waals surface area contributed by atoms with E-state index in [-0.39, 0.29) is 17.6 Å². The van der Waals surface area contributed by atoms with Crippen molar-refractivity contribution in [3.8, 4) is 0 Å². The zero-order valence-corrected chi connectivity index (χ0v) is 13.8. The topological polar surface area (TPSA) is 59.1 Å². The molecule has 0 bridgehead atoms. The largest absolute Gasteiger partial charge is 0.441 e. The molecule has 130 valence electrons. The number of hydrogen-bond acceptors (Lipinski definition) is 4. The fraction of sp³-hybridized carbons (Fsp3) is 0.529. The molecular weight excluding hydrogens is 315 g/mol. The standard InChI is InChI=1S/C17H21FN2O4/c1-19-11-17(24-16(19)22)7-9-20(10-8-17)15(21)14(23-2)12-5-3-4-6-13(12)18/h3-6,14H,7-11H2,1-2H3. The second-order valence-corrected chi connectivity index (χ2v) is 6.37. The molecule has 2 amide bonds. The highest BCUT2D eigenvalue weighted by molar-refractivity contribution is 5.82. The van der Waals surface area contributed by atoms with Crippen molar-refractivity contribution in [3.63, 3.8) is 0 Å². The van der Waals surface area contributed by atoms with Crippen LogP contribution in [0.1, 0.15) is 24.5 Å². The maximum atomic E-state index is 14.0. The maximum absolute atomic E-state index is 14.0. The molecule has 1 atom stereocenters. The van der Waals surface area contributed by atoms with Crippen molar-refractivity contribution in [2.24, 2.45) is 0 Å². The molecule has 0 saturated carbocycles. The number of halogens is 1. The molecule has 7 heteroatoms. The lowest BCUT2D eigenvalue weighted by molar-refractivity contribution is -0.146. The van der Waals surface area contributed by atoms with Crippen LogP contribution in [0.25, 0.3) is 0 Å². The van der Waals surface area contributed by atoms with Gasteiger partial charge in [-0.3, -0.25) is 4.79 Å². The molecule has 0 aromatic heterocycles. The summed E-state index contributed by atoms with van der Waals surface area (Å²) in [6.07, 6.45) is -0.143. The van der Waals surface area contributed by atoms with E-state index in [0.717, 1.165) is 0 Å². The van der Waals surface area contributed by atoms with Crippen molar-refractivity contribution in [2.45, 2.75) is 24.5 Å². The first-order valence-corrected chi connectivity index (χ1v) is 7.96. The Kier molecular flexibility index (Phi) is 4.45. The average molecular weight is 336 g/mol. The zero-order valence-electron chi connectivity index (χ0n) is 13.8. The van der Waals surface area contributed by atoms with Crippen LogP contribution in [-0.4, -0.2) is 61.2 Å². The molecular formula is C17H21FN2O4. The second-order valence-electron chi connectivity index (χ2n) is 6.37. The first-order chi connectivity index (χ1) is 11.5. The van der Waals surface area contributed by atoms with Crippen molar-refractivity contribution < 1.29 is 23.5 Å². The Morgan fingerprint density at radius 2 is 2.00 bits per heavy atom. The molecule has 1 aromatic rings. The van der Waals surface area contributed by atoms with Crippen LogP contribution in [0.3, 0.4) is 0 Å². The van der Waals surface area contributed by atoms with Gasteiger partial charge in [-0.2, -0.15) is 0 Å². The van der Waals surface area contributed by atoms with Gasteiger partial charge in [0, 0.05) is 45.7 Å². The molecule has 0 radical (unpaired) electrons. The highest BCUT2D eigenvalue weighted by atomic mass is 19.1. The van der Waals surface area contributed by atoms with Crippen molar-refractivity contribution >= 4 is 12.0 Å². The average Bonchev–Trinajstić information content (AvgIpc) is 2.84. The SMILES string of the molecule is COC(C(=O)N1CCC2(CC1)CN(C)C(=O)O2)c1ccccc1F. The monoisotopic (exact) mass is 336 g/mol. The van der Waals surface area contributed by atoms with Gasteiger partial charge in [0.1, 0.15) is 11.4 Å². The smallest absolute Gasteiger partial charge is 0.410 e. The summed E-state index contributed by atoms with van der Waals surface area (Å²) in [5.74, 6) is -0.729. The molecule has 24 heavy (non-hydrogen) atoms. The lowest BCUT2D eigenvalue weighted by Gasteiger charge is -2.38. The summed E-state index contributed by atoms with van der Waals surface area (Å²) in [4.78, 5) is 27.5. The normalized spacial score (nSPS) is 21.0. The van der Waals surface area contributed by atoms with E-state index in [2.05, 4.69) is 0 Å². The number of hydrogen-bond donors (Lipinski definition) is 0. The number of benzene rings is 1. The summed E-state index contributed by atoms with van der Waals surface area (Å²) in [6.45, 7) is 1.44. The van der Waals surface area contributed by atoms with Crippen LogP contribution in [0.4, 0.5) is 9.18 Å². The third kappa shape index (κ3) is 2.96. The highest BCUT2D eigenvalue weighted by Gasteiger charge is 2.46. The molecule has 0 N–H and O–H groups in total. The number of piperidine rings is 1. The first kappa shape index (κ1) is 16.7. The summed E-state index contributed by atoms with van der Waals surface area (Å²) in [6, 6.07) is 6.12. The van der Waals surface area contributed by atoms with Gasteiger partial charge < -0.3 is 19.3 Å². The van der Waals surface area contributed by atoms with Gasteiger partial charge in [-0.15, -0.1) is 0 Å². The highest BCUT2D eigenvalue weighted by Crippen LogP contribution is 2.34. The number of ether oxygens (including phenoxy) is 2. The number of methoxy groups -OCH3 is 1. The lowest BCUT2D eigenvalue weighted by atomic mass is 9.91. The molecule has 2 aliphatic heterocycles. The number of likely N-dealkylation sites (N-methyl/N-ethyl adjacent to an activating group) is 1. The van der Waals surface area contributed by atoms with Gasteiger partial charge in [0.25, 0.3) is 5.91 Å². The van der Waals surface area contributed by atoms with Gasteiger partial charge in [0.2, 0.25) is 0 Å². The maximum Gasteiger partial charge on any atom is 0.410 e. The fourth-order valence-corrected chi connectivity index (χ4v) is 3.40. The minimum atomic E-state index is -0.964. The molecule has 2 fully saturated rings. The van der Waals surface area contributed by atoms with E-state index in [9.17, 15) is 14.0 Å². The van der Waals surface area contributed by atoms with E-state index in [1.165, 1.54) is 13.2 Å². The number of rotatable bonds is 3. The Hall–Kier alpha value is -2.15. The number of likely N-dealkylation sites (tertiary alicyclic amines) is 1. The van der Waals surface area contributed by atoms with Crippen LogP contribution >= 0.6 is 0 Å². The van der Waals surface area contributed by atoms with Crippen LogP contribution in [0.5, 0.6) is 0 Å². The van der Waals surface area contributed by atoms with E-state index in [0.29, 0.717) is 32.5 Å². The van der Waals surface area contributed by atoms with E-state index < -0.39 is 17.5 Å². The number of carbonyl (C=O) groups excluding carboxylic acids is 2. The Morgan fingerprint density at radius 1 is 1.33 bits per heavy atom. The van der Waals surface area contributed by atoms with Crippen molar-refractivity contribution in [1.29, 1.82) is 0 Å². The number of amides is 2. The summed E-state index contributed by atoms with van der Waals surface area (Å²) in [5.41, 5.74) is -0.277. The second kappa shape index (κ2) is 6.39. The lowest BCUT2D eigenvalue weighted by Crippen LogP contribution is -2.49. The van der Waals surface area contributed by atoms with Crippen LogP contribution in [0, 0.1) is 5.82 Å². The molecule has 2 aliphatic rings. The summed E-state index contributed by atoms with van der Waals surface area (Å²) in [5, 5.41) is 0. The molecule has 6 nitrogen and oxygen atoms in total. The third-order valence-electron chi connectivity index (χ3n) is 4.77. The number of carbonyl (C=O) groups is 2. The minimum absolute atomic E-state index is 0.234. The summed E-state index contributed by atoms with van der Waals surface area (Å²) < 4.78 is 24.7. The Morgan fingerprint density at radius 3 is 2.54 bits per heavy atom. The fourth-order valence-electron chi connectivity index (χ4n) is 3.40. The molecule has 1 spiro atoms. The quantitative estimate of drug-likeness (QED) is 0.847. The van der Waals surface area contributed by atoms with Gasteiger partial charge >= 0.3 is 6.09 Å². The Bertz CT molecular complexity index is 643. The van der Waals surface area contributed by atoms with Gasteiger partial charge in [0.15, 0.2) is 6.10 Å². The molecule has 1 aromatic carbocycles. The van der Waals surface area contributed by atoms with Crippen LogP contribution < -0.4 is 0 Å². The van der Waals surface area contributed by atoms with Crippen molar-refractivity contribution in [1.82, 2.24) is 9.80 Å². The molecule has 2 heterocycles. The van der Waals surface area contributed by atoms with Crippen LogP contribution in [0.2, 0.25) is 0 Å². The van der Waals surface area contributed by atoms with Crippen molar-refractivity contribution in [3.05, 3.63) is 35.6 Å². The summed E-state index contributed by atoms with van der Waals surface area (Å²) in [7, 11) is 3.10. The molecule has 1 unspecified atom stereocenters. The number of nitrogens with zero attached hydrogens (tertiary/aromatic N) is 2. The van der Waals surface area contributed by atoms with Crippen molar-refractivity contribution in [2.75, 3.05) is 33.8 Å². The van der Waals surface area contributed by atoms with Gasteiger partial charge in [-0.25, -0.2) is 9.18 Å². The first-order valence-electron chi connectivity index (χ1n) is 7.96. The minimum Gasteiger partial charge on any atom is -0.441 e. The Balaban J connectivity index is 1.68. The zero-order chi connectivity index (χ0) is 17.3. The van der Waals surface area contributed by atoms with Gasteiger partial charge in [-0.05, 0) is 6.07 Å². The third-order valence-corrected chi connectivity index (χ3v) is 4.77. The van der Waals surface area contributed by atoms with E-state index in [1.54, 1.807) is 35.0 Å². The Labute approximate surface area is 140 Å². The predicted octanol–water partition coefficient (Wildman–Crippen LogP) is 1.96. The summed E-state index contributed by atoms with van der Waals surface area (Å²) >= 11 is 0. The van der Waals surface area contributed by atoms with E-state index in [1.807, 2.05) is 0 Å². The molecule has 2 saturated heterocycles. The van der Waals surface area contributed by atoms with Gasteiger partial charge in [0.05, 0.1) is 6.54 Å². The van der Waals surface area contributed by atoms with Gasteiger partial charge in [-0.1, -0.05) is 18.2 Å².